The maximum Gasteiger partial charge on any atom is 0.407 e. The van der Waals surface area contributed by atoms with Gasteiger partial charge in [0.15, 0.2) is 5.78 Å². The van der Waals surface area contributed by atoms with Crippen LogP contribution in [0, 0.1) is 17.8 Å². The minimum atomic E-state index is -0.683. The zero-order valence-electron chi connectivity index (χ0n) is 32.6. The number of aromatic nitrogens is 4. The molecule has 0 spiro atoms. The molecule has 2 fully saturated rings. The number of hydrogen-bond donors (Lipinski definition) is 4. The van der Waals surface area contributed by atoms with Crippen LogP contribution in [0.1, 0.15) is 89.8 Å². The van der Waals surface area contributed by atoms with E-state index in [1.165, 1.54) is 14.2 Å². The molecule has 13 nitrogen and oxygen atoms in total. The number of benzene rings is 2. The molecule has 0 unspecified atom stereocenters. The molecule has 1 saturated carbocycles. The summed E-state index contributed by atoms with van der Waals surface area (Å²) in [6.45, 7) is 8.26. The first-order valence-electron chi connectivity index (χ1n) is 19.3. The first-order valence-corrected chi connectivity index (χ1v) is 19.3. The van der Waals surface area contributed by atoms with Crippen LogP contribution < -0.4 is 10.6 Å². The minimum absolute atomic E-state index is 0.0263. The van der Waals surface area contributed by atoms with Crippen LogP contribution in [-0.4, -0.2) is 81.6 Å². The Hall–Kier alpha value is -5.46. The molecule has 3 amide bonds. The lowest BCUT2D eigenvalue weighted by Gasteiger charge is -2.30. The summed E-state index contributed by atoms with van der Waals surface area (Å²) >= 11 is 0. The van der Waals surface area contributed by atoms with E-state index in [0.717, 1.165) is 77.4 Å². The van der Waals surface area contributed by atoms with E-state index in [4.69, 9.17) is 14.5 Å². The van der Waals surface area contributed by atoms with Gasteiger partial charge in [-0.2, -0.15) is 0 Å². The number of imidazole rings is 2. The SMILES string of the molecule is COC(=O)N[C@H](C(=O)C[C@H]1CCC[C@@H]1c1ncc(-c2ccc(-c3ccc(-c4cnc([C@@H]5CCCN5C(=O)[C@@H](NC(=O)OC)C(C)C)[nH]4)cc3)cc2)[nH]1)C(C)C. The lowest BCUT2D eigenvalue weighted by Crippen LogP contribution is -2.51. The van der Waals surface area contributed by atoms with Gasteiger partial charge in [-0.25, -0.2) is 19.6 Å². The Morgan fingerprint density at radius 3 is 1.76 bits per heavy atom. The second-order valence-electron chi connectivity index (χ2n) is 15.4. The van der Waals surface area contributed by atoms with Gasteiger partial charge < -0.3 is 35.0 Å². The number of amides is 3. The fraction of sp³-hybridized carbons (Fsp3) is 0.476. The fourth-order valence-corrected chi connectivity index (χ4v) is 8.03. The van der Waals surface area contributed by atoms with Crippen LogP contribution in [0.4, 0.5) is 9.59 Å². The summed E-state index contributed by atoms with van der Waals surface area (Å²) in [6.07, 6.45) is 7.43. The van der Waals surface area contributed by atoms with Crippen molar-refractivity contribution in [3.8, 4) is 33.6 Å². The molecule has 2 aromatic carbocycles. The molecule has 0 bridgehead atoms. The summed E-state index contributed by atoms with van der Waals surface area (Å²) in [5.74, 6) is 1.69. The number of alkyl carbamates (subject to hydrolysis) is 2. The second kappa shape index (κ2) is 17.3. The minimum Gasteiger partial charge on any atom is -0.453 e. The largest absolute Gasteiger partial charge is 0.453 e. The quantitative estimate of drug-likeness (QED) is 0.109. The Balaban J connectivity index is 1.09. The summed E-state index contributed by atoms with van der Waals surface area (Å²) in [5, 5.41) is 5.41. The van der Waals surface area contributed by atoms with Gasteiger partial charge in [-0.15, -0.1) is 0 Å². The average molecular weight is 752 g/mol. The van der Waals surface area contributed by atoms with Gasteiger partial charge in [0.25, 0.3) is 0 Å². The molecule has 3 heterocycles. The number of nitrogens with zero attached hydrogens (tertiary/aromatic N) is 3. The van der Waals surface area contributed by atoms with Gasteiger partial charge in [-0.05, 0) is 65.7 Å². The second-order valence-corrected chi connectivity index (χ2v) is 15.4. The summed E-state index contributed by atoms with van der Waals surface area (Å²) in [6, 6.07) is 15.2. The highest BCUT2D eigenvalue weighted by molar-refractivity contribution is 5.88. The van der Waals surface area contributed by atoms with Crippen LogP contribution >= 0.6 is 0 Å². The highest BCUT2D eigenvalue weighted by Crippen LogP contribution is 2.41. The highest BCUT2D eigenvalue weighted by Gasteiger charge is 2.38. The lowest BCUT2D eigenvalue weighted by atomic mass is 9.86. The predicted molar refractivity (Wildman–Crippen MR) is 209 cm³/mol. The van der Waals surface area contributed by atoms with Gasteiger partial charge in [-0.1, -0.05) is 82.6 Å². The van der Waals surface area contributed by atoms with Crippen molar-refractivity contribution in [2.75, 3.05) is 20.8 Å². The molecule has 1 aliphatic carbocycles. The van der Waals surface area contributed by atoms with Crippen molar-refractivity contribution >= 4 is 23.9 Å². The number of methoxy groups -OCH3 is 2. The van der Waals surface area contributed by atoms with Gasteiger partial charge in [0.2, 0.25) is 5.91 Å². The molecule has 1 saturated heterocycles. The van der Waals surface area contributed by atoms with Crippen LogP contribution in [0.25, 0.3) is 33.6 Å². The molecule has 4 aromatic rings. The molecule has 1 aliphatic heterocycles. The van der Waals surface area contributed by atoms with Crippen molar-refractivity contribution in [1.29, 1.82) is 0 Å². The van der Waals surface area contributed by atoms with E-state index in [1.54, 1.807) is 0 Å². The van der Waals surface area contributed by atoms with Gasteiger partial charge >= 0.3 is 12.2 Å². The van der Waals surface area contributed by atoms with Crippen LogP contribution in [0.3, 0.4) is 0 Å². The predicted octanol–water partition coefficient (Wildman–Crippen LogP) is 7.40. The first-order chi connectivity index (χ1) is 26.5. The number of ketones is 1. The van der Waals surface area contributed by atoms with Gasteiger partial charge in [0, 0.05) is 18.9 Å². The molecular weight excluding hydrogens is 699 g/mol. The number of rotatable bonds is 13. The van der Waals surface area contributed by atoms with Crippen molar-refractivity contribution in [3.05, 3.63) is 72.6 Å². The number of aromatic amines is 2. The van der Waals surface area contributed by atoms with Crippen LogP contribution in [-0.2, 0) is 19.1 Å². The number of carbonyl (C=O) groups excluding carboxylic acids is 4. The molecule has 2 aliphatic rings. The van der Waals surface area contributed by atoms with E-state index < -0.39 is 24.3 Å². The van der Waals surface area contributed by atoms with Gasteiger partial charge in [-0.3, -0.25) is 9.59 Å². The maximum atomic E-state index is 13.5. The number of carbonyl (C=O) groups is 4. The van der Waals surface area contributed by atoms with E-state index in [-0.39, 0.29) is 41.4 Å². The van der Waals surface area contributed by atoms with Crippen molar-refractivity contribution < 1.29 is 28.7 Å². The van der Waals surface area contributed by atoms with E-state index in [0.29, 0.717) is 13.0 Å². The highest BCUT2D eigenvalue weighted by atomic mass is 16.5. The van der Waals surface area contributed by atoms with Gasteiger partial charge in [0.1, 0.15) is 17.7 Å². The molecule has 13 heteroatoms. The third-order valence-corrected chi connectivity index (χ3v) is 11.1. The average Bonchev–Trinajstić information content (AvgIpc) is 4.02. The van der Waals surface area contributed by atoms with Crippen molar-refractivity contribution in [2.45, 2.75) is 90.3 Å². The summed E-state index contributed by atoms with van der Waals surface area (Å²) in [5.41, 5.74) is 5.96. The molecule has 4 N–H and O–H groups in total. The maximum absolute atomic E-state index is 13.5. The van der Waals surface area contributed by atoms with Crippen LogP contribution in [0.2, 0.25) is 0 Å². The number of nitrogens with one attached hydrogen (secondary N) is 4. The Bertz CT molecular complexity index is 1950. The zero-order valence-corrected chi connectivity index (χ0v) is 32.6. The zero-order chi connectivity index (χ0) is 39.2. The fourth-order valence-electron chi connectivity index (χ4n) is 8.03. The van der Waals surface area contributed by atoms with E-state index in [9.17, 15) is 19.2 Å². The van der Waals surface area contributed by atoms with Crippen LogP contribution in [0.15, 0.2) is 60.9 Å². The first kappa shape index (κ1) is 39.2. The van der Waals surface area contributed by atoms with E-state index in [1.807, 2.05) is 45.0 Å². The number of hydrogen-bond acceptors (Lipinski definition) is 8. The Kier molecular flexibility index (Phi) is 12.4. The molecular formula is C42H53N7O6. The number of Topliss-reactive ketones (excluding diaryl/α,β-unsaturated/α-hetero) is 1. The standard InChI is InChI=1S/C42H53N7O6/c1-24(2)36(47-41(52)54-5)35(50)21-30-9-7-10-31(30)38-43-22-32(45-38)28-16-12-26(13-17-28)27-14-18-29(19-15-27)33-23-44-39(46-33)34-11-8-20-49(34)40(51)37(25(3)4)48-42(53)55-6/h12-19,22-25,30-31,34,36-37H,7-11,20-21H2,1-6H3,(H,43,45)(H,44,46)(H,47,52)(H,48,53)/t30-,31+,34+,36+,37+/m1/s1. The molecule has 2 aromatic heterocycles. The lowest BCUT2D eigenvalue weighted by molar-refractivity contribution is -0.135. The topological polar surface area (TPSA) is 171 Å². The molecule has 292 valence electrons. The molecule has 6 rings (SSSR count). The van der Waals surface area contributed by atoms with E-state index >= 15 is 0 Å². The molecule has 55 heavy (non-hydrogen) atoms. The normalized spacial score (nSPS) is 19.3. The molecule has 5 atom stereocenters. The van der Waals surface area contributed by atoms with Crippen LogP contribution in [0.5, 0.6) is 0 Å². The number of ether oxygens (including phenoxy) is 2. The number of likely N-dealkylation sites (tertiary alicyclic amines) is 1. The monoisotopic (exact) mass is 751 g/mol. The van der Waals surface area contributed by atoms with Crippen molar-refractivity contribution in [2.24, 2.45) is 17.8 Å². The summed E-state index contributed by atoms with van der Waals surface area (Å²) < 4.78 is 9.50. The summed E-state index contributed by atoms with van der Waals surface area (Å²) in [4.78, 5) is 68.8. The van der Waals surface area contributed by atoms with E-state index in [2.05, 4.69) is 74.1 Å². The summed E-state index contributed by atoms with van der Waals surface area (Å²) in [7, 11) is 2.60. The molecule has 0 radical (unpaired) electrons. The third kappa shape index (κ3) is 8.92. The Labute approximate surface area is 322 Å². The number of H-pyrrole nitrogens is 2. The Morgan fingerprint density at radius 2 is 1.22 bits per heavy atom. The van der Waals surface area contributed by atoms with Gasteiger partial charge in [0.05, 0.1) is 50.1 Å². The Morgan fingerprint density at radius 1 is 0.709 bits per heavy atom. The van der Waals surface area contributed by atoms with Crippen molar-refractivity contribution in [3.63, 3.8) is 0 Å². The smallest absolute Gasteiger partial charge is 0.407 e. The third-order valence-electron chi connectivity index (χ3n) is 11.1. The van der Waals surface area contributed by atoms with Crippen molar-refractivity contribution in [1.82, 2.24) is 35.5 Å².